The minimum absolute atomic E-state index is 0.0686. The zero-order chi connectivity index (χ0) is 21.7. The summed E-state index contributed by atoms with van der Waals surface area (Å²) in [5.41, 5.74) is 2.77. The molecule has 3 rings (SSSR count). The number of ether oxygens (including phenoxy) is 2. The Morgan fingerprint density at radius 2 is 1.83 bits per heavy atom. The van der Waals surface area contributed by atoms with Gasteiger partial charge in [0.05, 0.1) is 18.7 Å². The third-order valence-corrected chi connectivity index (χ3v) is 5.55. The van der Waals surface area contributed by atoms with E-state index in [-0.39, 0.29) is 18.9 Å². The predicted octanol–water partition coefficient (Wildman–Crippen LogP) is 4.97. The summed E-state index contributed by atoms with van der Waals surface area (Å²) in [6, 6.07) is 14.5. The van der Waals surface area contributed by atoms with E-state index in [4.69, 9.17) is 32.7 Å². The predicted molar refractivity (Wildman–Crippen MR) is 116 cm³/mol. The van der Waals surface area contributed by atoms with Crippen molar-refractivity contribution in [3.8, 4) is 0 Å². The molecule has 2 aromatic rings. The van der Waals surface area contributed by atoms with Crippen molar-refractivity contribution in [1.29, 1.82) is 0 Å². The van der Waals surface area contributed by atoms with Crippen LogP contribution in [-0.2, 0) is 25.6 Å². The third-order valence-electron chi connectivity index (χ3n) is 5.07. The second-order valence-electron chi connectivity index (χ2n) is 7.05. The number of hydrogen-bond donors (Lipinski definition) is 0. The SMILES string of the molecule is COCCOC(=O)C1=C(C)N(Cc2cccc(Cl)c2)C(=O)CC1c1ccc(Cl)cc1. The van der Waals surface area contributed by atoms with Crippen LogP contribution in [0.5, 0.6) is 0 Å². The normalized spacial score (nSPS) is 16.7. The minimum atomic E-state index is -0.451. The van der Waals surface area contributed by atoms with Crippen LogP contribution in [0.2, 0.25) is 10.0 Å². The second-order valence-corrected chi connectivity index (χ2v) is 7.92. The van der Waals surface area contributed by atoms with Gasteiger partial charge in [-0.3, -0.25) is 4.79 Å². The Morgan fingerprint density at radius 1 is 1.10 bits per heavy atom. The molecule has 0 aliphatic carbocycles. The highest BCUT2D eigenvalue weighted by atomic mass is 35.5. The van der Waals surface area contributed by atoms with Gasteiger partial charge in [0.15, 0.2) is 0 Å². The molecule has 0 fully saturated rings. The number of halogens is 2. The molecule has 7 heteroatoms. The summed E-state index contributed by atoms with van der Waals surface area (Å²) in [5, 5.41) is 1.19. The number of nitrogens with zero attached hydrogens (tertiary/aromatic N) is 1. The number of hydrogen-bond acceptors (Lipinski definition) is 4. The van der Waals surface area contributed by atoms with Gasteiger partial charge >= 0.3 is 5.97 Å². The molecule has 30 heavy (non-hydrogen) atoms. The van der Waals surface area contributed by atoms with Crippen LogP contribution in [0.4, 0.5) is 0 Å². The van der Waals surface area contributed by atoms with Gasteiger partial charge in [-0.25, -0.2) is 4.79 Å². The molecule has 1 atom stereocenters. The minimum Gasteiger partial charge on any atom is -0.460 e. The Morgan fingerprint density at radius 3 is 2.50 bits per heavy atom. The quantitative estimate of drug-likeness (QED) is 0.443. The number of carbonyl (C=O) groups excluding carboxylic acids is 2. The van der Waals surface area contributed by atoms with Crippen LogP contribution in [0.3, 0.4) is 0 Å². The van der Waals surface area contributed by atoms with Crippen LogP contribution in [0.15, 0.2) is 59.8 Å². The Kier molecular flexibility index (Phi) is 7.53. The molecule has 0 saturated carbocycles. The molecule has 1 aliphatic heterocycles. The van der Waals surface area contributed by atoms with E-state index < -0.39 is 11.9 Å². The zero-order valence-electron chi connectivity index (χ0n) is 16.9. The molecule has 0 aromatic heterocycles. The van der Waals surface area contributed by atoms with Crippen molar-refractivity contribution < 1.29 is 19.1 Å². The van der Waals surface area contributed by atoms with Crippen molar-refractivity contribution in [2.24, 2.45) is 0 Å². The lowest BCUT2D eigenvalue weighted by Gasteiger charge is -2.34. The lowest BCUT2D eigenvalue weighted by atomic mass is 9.83. The maximum atomic E-state index is 13.0. The molecule has 1 aliphatic rings. The largest absolute Gasteiger partial charge is 0.460 e. The number of allylic oxidation sites excluding steroid dienone is 1. The summed E-state index contributed by atoms with van der Waals surface area (Å²) < 4.78 is 10.4. The number of carbonyl (C=O) groups is 2. The Labute approximate surface area is 186 Å². The molecule has 0 bridgehead atoms. The summed E-state index contributed by atoms with van der Waals surface area (Å²) in [6.45, 7) is 2.54. The summed E-state index contributed by atoms with van der Waals surface area (Å²) in [6.07, 6.45) is 0.161. The summed E-state index contributed by atoms with van der Waals surface area (Å²) in [5.74, 6) is -0.922. The molecule has 2 aromatic carbocycles. The lowest BCUT2D eigenvalue weighted by Crippen LogP contribution is -2.38. The van der Waals surface area contributed by atoms with Gasteiger partial charge in [-0.1, -0.05) is 47.5 Å². The molecule has 158 valence electrons. The highest BCUT2D eigenvalue weighted by Gasteiger charge is 2.37. The smallest absolute Gasteiger partial charge is 0.336 e. The van der Waals surface area contributed by atoms with E-state index in [9.17, 15) is 9.59 Å². The van der Waals surface area contributed by atoms with E-state index in [1.807, 2.05) is 30.3 Å². The fourth-order valence-electron chi connectivity index (χ4n) is 3.56. The van der Waals surface area contributed by atoms with Crippen LogP contribution in [0, 0.1) is 0 Å². The average molecular weight is 448 g/mol. The first kappa shape index (κ1) is 22.3. The Bertz CT molecular complexity index is 956. The fraction of sp³-hybridized carbons (Fsp3) is 0.304. The van der Waals surface area contributed by atoms with Gasteiger partial charge in [-0.05, 0) is 42.3 Å². The molecule has 1 unspecified atom stereocenters. The fourth-order valence-corrected chi connectivity index (χ4v) is 3.90. The van der Waals surface area contributed by atoms with Gasteiger partial charge < -0.3 is 14.4 Å². The van der Waals surface area contributed by atoms with Crippen molar-refractivity contribution in [2.75, 3.05) is 20.3 Å². The number of rotatable bonds is 7. The first-order chi connectivity index (χ1) is 14.4. The Hall–Kier alpha value is -2.34. The number of amides is 1. The lowest BCUT2D eigenvalue weighted by molar-refractivity contribution is -0.141. The van der Waals surface area contributed by atoms with Crippen molar-refractivity contribution in [1.82, 2.24) is 4.90 Å². The van der Waals surface area contributed by atoms with Gasteiger partial charge in [0.25, 0.3) is 0 Å². The molecule has 0 spiro atoms. The van der Waals surface area contributed by atoms with Gasteiger partial charge in [0, 0.05) is 35.2 Å². The van der Waals surface area contributed by atoms with Gasteiger partial charge in [-0.2, -0.15) is 0 Å². The van der Waals surface area contributed by atoms with Crippen LogP contribution in [-0.4, -0.2) is 37.1 Å². The van der Waals surface area contributed by atoms with Crippen molar-refractivity contribution >= 4 is 35.1 Å². The van der Waals surface area contributed by atoms with E-state index in [0.29, 0.717) is 34.5 Å². The van der Waals surface area contributed by atoms with E-state index in [1.54, 1.807) is 37.1 Å². The molecular formula is C23H23Cl2NO4. The zero-order valence-corrected chi connectivity index (χ0v) is 18.4. The average Bonchev–Trinajstić information content (AvgIpc) is 2.71. The first-order valence-corrected chi connectivity index (χ1v) is 10.3. The second kappa shape index (κ2) is 10.1. The van der Waals surface area contributed by atoms with Crippen LogP contribution < -0.4 is 0 Å². The Balaban J connectivity index is 1.98. The van der Waals surface area contributed by atoms with Crippen molar-refractivity contribution in [3.63, 3.8) is 0 Å². The molecule has 0 radical (unpaired) electrons. The number of benzene rings is 2. The van der Waals surface area contributed by atoms with E-state index in [1.165, 1.54) is 0 Å². The molecule has 0 N–H and O–H groups in total. The molecular weight excluding hydrogens is 425 g/mol. The monoisotopic (exact) mass is 447 g/mol. The standard InChI is InChI=1S/C23H23Cl2NO4/c1-15-22(23(28)30-11-10-29-2)20(17-6-8-18(24)9-7-17)13-21(27)26(15)14-16-4-3-5-19(25)12-16/h3-9,12,20H,10-11,13-14H2,1-2H3. The highest BCUT2D eigenvalue weighted by molar-refractivity contribution is 6.30. The van der Waals surface area contributed by atoms with Crippen LogP contribution in [0.1, 0.15) is 30.4 Å². The van der Waals surface area contributed by atoms with Crippen LogP contribution in [0.25, 0.3) is 0 Å². The summed E-state index contributed by atoms with van der Waals surface area (Å²) in [7, 11) is 1.54. The van der Waals surface area contributed by atoms with E-state index in [2.05, 4.69) is 0 Å². The maximum Gasteiger partial charge on any atom is 0.336 e. The first-order valence-electron chi connectivity index (χ1n) is 9.57. The molecule has 5 nitrogen and oxygen atoms in total. The number of methoxy groups -OCH3 is 1. The molecule has 1 amide bonds. The topological polar surface area (TPSA) is 55.8 Å². The summed E-state index contributed by atoms with van der Waals surface area (Å²) in [4.78, 5) is 27.6. The van der Waals surface area contributed by atoms with E-state index >= 15 is 0 Å². The van der Waals surface area contributed by atoms with E-state index in [0.717, 1.165) is 11.1 Å². The molecule has 0 saturated heterocycles. The summed E-state index contributed by atoms with van der Waals surface area (Å²) >= 11 is 12.1. The highest BCUT2D eigenvalue weighted by Crippen LogP contribution is 2.38. The maximum absolute atomic E-state index is 13.0. The van der Waals surface area contributed by atoms with Gasteiger partial charge in [0.1, 0.15) is 6.61 Å². The van der Waals surface area contributed by atoms with Crippen molar-refractivity contribution in [3.05, 3.63) is 81.0 Å². The van der Waals surface area contributed by atoms with Crippen LogP contribution >= 0.6 is 23.2 Å². The van der Waals surface area contributed by atoms with Crippen molar-refractivity contribution in [2.45, 2.75) is 25.8 Å². The molecule has 1 heterocycles. The van der Waals surface area contributed by atoms with Gasteiger partial charge in [-0.15, -0.1) is 0 Å². The third kappa shape index (κ3) is 5.22. The van der Waals surface area contributed by atoms with Gasteiger partial charge in [0.2, 0.25) is 5.91 Å². The number of esters is 1.